The van der Waals surface area contributed by atoms with Crippen molar-refractivity contribution in [2.45, 2.75) is 31.6 Å². The van der Waals surface area contributed by atoms with Crippen LogP contribution in [0.5, 0.6) is 5.75 Å². The van der Waals surface area contributed by atoms with Gasteiger partial charge < -0.3 is 10.1 Å². The first-order valence-electron chi connectivity index (χ1n) is 8.70. The van der Waals surface area contributed by atoms with E-state index in [0.29, 0.717) is 41.0 Å². The number of rotatable bonds is 9. The maximum absolute atomic E-state index is 12.4. The van der Waals surface area contributed by atoms with E-state index in [2.05, 4.69) is 26.0 Å². The summed E-state index contributed by atoms with van der Waals surface area (Å²) in [5.74, 6) is 0.389. The molecule has 2 N–H and O–H groups in total. The van der Waals surface area contributed by atoms with Gasteiger partial charge in [0.05, 0.1) is 16.0 Å². The van der Waals surface area contributed by atoms with Crippen LogP contribution in [0.25, 0.3) is 0 Å². The molecule has 0 saturated heterocycles. The Morgan fingerprint density at radius 1 is 1.07 bits per heavy atom. The highest BCUT2D eigenvalue weighted by Gasteiger charge is 2.14. The third-order valence-electron chi connectivity index (χ3n) is 3.62. The van der Waals surface area contributed by atoms with Crippen LogP contribution in [0.1, 0.15) is 37.0 Å². The molecule has 0 saturated carbocycles. The molecule has 6 nitrogen and oxygen atoms in total. The number of halogens is 1. The van der Waals surface area contributed by atoms with Crippen molar-refractivity contribution in [2.75, 3.05) is 18.5 Å². The summed E-state index contributed by atoms with van der Waals surface area (Å²) in [5.41, 5.74) is 0.976. The Hall–Kier alpha value is -1.90. The van der Waals surface area contributed by atoms with Gasteiger partial charge in [0.25, 0.3) is 5.91 Å². The Labute approximate surface area is 168 Å². The largest absolute Gasteiger partial charge is 0.492 e. The highest BCUT2D eigenvalue weighted by atomic mass is 79.9. The lowest BCUT2D eigenvalue weighted by atomic mass is 10.2. The van der Waals surface area contributed by atoms with E-state index in [0.717, 1.165) is 6.42 Å². The number of ether oxygens (including phenoxy) is 1. The molecule has 8 heteroatoms. The Morgan fingerprint density at radius 2 is 1.78 bits per heavy atom. The average Bonchev–Trinajstić information content (AvgIpc) is 2.66. The molecule has 2 rings (SSSR count). The van der Waals surface area contributed by atoms with Gasteiger partial charge in [0.15, 0.2) is 0 Å². The first kappa shape index (κ1) is 21.4. The number of hydrogen-bond donors (Lipinski definition) is 2. The van der Waals surface area contributed by atoms with Crippen LogP contribution in [-0.4, -0.2) is 27.5 Å². The molecule has 0 spiro atoms. The molecule has 2 aromatic rings. The van der Waals surface area contributed by atoms with Gasteiger partial charge in [0, 0.05) is 17.8 Å². The van der Waals surface area contributed by atoms with Crippen molar-refractivity contribution in [1.82, 2.24) is 4.72 Å². The average molecular weight is 455 g/mol. The van der Waals surface area contributed by atoms with E-state index in [1.165, 1.54) is 12.1 Å². The molecule has 27 heavy (non-hydrogen) atoms. The Kier molecular flexibility index (Phi) is 7.82. The predicted octanol–water partition coefficient (Wildman–Crippen LogP) is 4.18. The second kappa shape index (κ2) is 9.87. The monoisotopic (exact) mass is 454 g/mol. The molecule has 0 aliphatic carbocycles. The van der Waals surface area contributed by atoms with Gasteiger partial charge in [-0.2, -0.15) is 0 Å². The topological polar surface area (TPSA) is 84.5 Å². The fraction of sp³-hybridized carbons (Fsp3) is 0.316. The maximum Gasteiger partial charge on any atom is 0.255 e. The highest BCUT2D eigenvalue weighted by Crippen LogP contribution is 2.26. The molecule has 0 aliphatic heterocycles. The van der Waals surface area contributed by atoms with Gasteiger partial charge in [-0.15, -0.1) is 0 Å². The lowest BCUT2D eigenvalue weighted by Gasteiger charge is -2.10. The third-order valence-corrected chi connectivity index (χ3v) is 5.72. The van der Waals surface area contributed by atoms with Crippen LogP contribution >= 0.6 is 15.9 Å². The summed E-state index contributed by atoms with van der Waals surface area (Å²) in [5, 5.41) is 2.75. The highest BCUT2D eigenvalue weighted by molar-refractivity contribution is 9.10. The zero-order valence-electron chi connectivity index (χ0n) is 15.3. The van der Waals surface area contributed by atoms with Crippen LogP contribution in [0.3, 0.4) is 0 Å². The number of amides is 1. The number of carbonyl (C=O) groups excluding carboxylic acids is 1. The van der Waals surface area contributed by atoms with Crippen molar-refractivity contribution < 1.29 is 17.9 Å². The Balaban J connectivity index is 2.06. The van der Waals surface area contributed by atoms with E-state index in [9.17, 15) is 13.2 Å². The van der Waals surface area contributed by atoms with Crippen molar-refractivity contribution in [2.24, 2.45) is 0 Å². The number of anilines is 1. The molecule has 0 atom stereocenters. The summed E-state index contributed by atoms with van der Waals surface area (Å²) in [7, 11) is -3.52. The zero-order chi connectivity index (χ0) is 19.9. The van der Waals surface area contributed by atoms with Crippen molar-refractivity contribution in [3.63, 3.8) is 0 Å². The lowest BCUT2D eigenvalue weighted by molar-refractivity contribution is 0.102. The predicted molar refractivity (Wildman–Crippen MR) is 110 cm³/mol. The fourth-order valence-corrected chi connectivity index (χ4v) is 3.84. The number of nitrogens with one attached hydrogen (secondary N) is 2. The lowest BCUT2D eigenvalue weighted by Crippen LogP contribution is -2.24. The Morgan fingerprint density at radius 3 is 2.37 bits per heavy atom. The molecule has 0 heterocycles. The number of hydrogen-bond acceptors (Lipinski definition) is 4. The summed E-state index contributed by atoms with van der Waals surface area (Å²) in [4.78, 5) is 12.6. The fourth-order valence-electron chi connectivity index (χ4n) is 2.21. The molecule has 0 fully saturated rings. The van der Waals surface area contributed by atoms with Gasteiger partial charge in [-0.1, -0.05) is 13.8 Å². The van der Waals surface area contributed by atoms with Crippen LogP contribution in [-0.2, 0) is 10.0 Å². The van der Waals surface area contributed by atoms with E-state index >= 15 is 0 Å². The maximum atomic E-state index is 12.4. The number of benzene rings is 2. The minimum Gasteiger partial charge on any atom is -0.492 e. The van der Waals surface area contributed by atoms with Gasteiger partial charge in [0.2, 0.25) is 10.0 Å². The van der Waals surface area contributed by atoms with Crippen molar-refractivity contribution in [1.29, 1.82) is 0 Å². The van der Waals surface area contributed by atoms with Crippen LogP contribution < -0.4 is 14.8 Å². The second-order valence-electron chi connectivity index (χ2n) is 5.87. The second-order valence-corrected chi connectivity index (χ2v) is 8.49. The van der Waals surface area contributed by atoms with Crippen LogP contribution in [0.2, 0.25) is 0 Å². The van der Waals surface area contributed by atoms with Gasteiger partial charge in [-0.25, -0.2) is 13.1 Å². The molecular weight excluding hydrogens is 432 g/mol. The first-order chi connectivity index (χ1) is 12.9. The molecule has 0 aliphatic rings. The minimum absolute atomic E-state index is 0.161. The molecular formula is C19H23BrN2O4S. The van der Waals surface area contributed by atoms with E-state index in [1.807, 2.05) is 13.8 Å². The van der Waals surface area contributed by atoms with Gasteiger partial charge >= 0.3 is 0 Å². The summed E-state index contributed by atoms with van der Waals surface area (Å²) < 4.78 is 32.9. The third kappa shape index (κ3) is 6.05. The first-order valence-corrected chi connectivity index (χ1v) is 11.0. The molecule has 146 valence electrons. The molecule has 0 radical (unpaired) electrons. The van der Waals surface area contributed by atoms with E-state index in [-0.39, 0.29) is 10.8 Å². The van der Waals surface area contributed by atoms with E-state index in [1.54, 1.807) is 30.3 Å². The van der Waals surface area contributed by atoms with Crippen molar-refractivity contribution in [3.8, 4) is 5.75 Å². The number of sulfonamides is 1. The number of carbonyl (C=O) groups is 1. The van der Waals surface area contributed by atoms with Gasteiger partial charge in [-0.05, 0) is 71.2 Å². The van der Waals surface area contributed by atoms with Crippen LogP contribution in [0, 0.1) is 0 Å². The summed E-state index contributed by atoms with van der Waals surface area (Å²) in [6.07, 6.45) is 1.61. The molecule has 0 unspecified atom stereocenters. The van der Waals surface area contributed by atoms with E-state index in [4.69, 9.17) is 4.74 Å². The van der Waals surface area contributed by atoms with Crippen molar-refractivity contribution in [3.05, 3.63) is 52.5 Å². The smallest absolute Gasteiger partial charge is 0.255 e. The zero-order valence-corrected chi connectivity index (χ0v) is 17.7. The minimum atomic E-state index is -3.52. The SMILES string of the molecule is CCCNS(=O)(=O)c1ccc(NC(=O)c2ccc(OCCC)c(Br)c2)cc1. The molecule has 0 bridgehead atoms. The summed E-state index contributed by atoms with van der Waals surface area (Å²) in [6, 6.07) is 11.2. The summed E-state index contributed by atoms with van der Waals surface area (Å²) in [6.45, 7) is 4.90. The van der Waals surface area contributed by atoms with Crippen molar-refractivity contribution >= 4 is 37.5 Å². The molecule has 2 aromatic carbocycles. The van der Waals surface area contributed by atoms with Crippen LogP contribution in [0.4, 0.5) is 5.69 Å². The molecule has 1 amide bonds. The van der Waals surface area contributed by atoms with Gasteiger partial charge in [0.1, 0.15) is 5.75 Å². The molecule has 0 aromatic heterocycles. The van der Waals surface area contributed by atoms with E-state index < -0.39 is 10.0 Å². The standard InChI is InChI=1S/C19H23BrN2O4S/c1-3-11-21-27(24,25)16-8-6-15(7-9-16)22-19(23)14-5-10-18(17(20)13-14)26-12-4-2/h5-10,13,21H,3-4,11-12H2,1-2H3,(H,22,23). The summed E-state index contributed by atoms with van der Waals surface area (Å²) >= 11 is 3.40. The van der Waals surface area contributed by atoms with Gasteiger partial charge in [-0.3, -0.25) is 4.79 Å². The normalized spacial score (nSPS) is 11.2. The van der Waals surface area contributed by atoms with Crippen LogP contribution in [0.15, 0.2) is 51.8 Å². The Bertz CT molecular complexity index is 883. The quantitative estimate of drug-likeness (QED) is 0.594.